The number of rotatable bonds is 10. The summed E-state index contributed by atoms with van der Waals surface area (Å²) in [5, 5.41) is 12.5. The SMILES string of the molecule is C=CCc1ccc(OCC(=O)NCCC(O)(c2nccn2C)C(F)(F)F)c(OC)c1. The molecule has 0 spiro atoms. The molecule has 10 heteroatoms. The zero-order valence-corrected chi connectivity index (χ0v) is 16.7. The molecule has 0 saturated heterocycles. The van der Waals surface area contributed by atoms with Crippen molar-refractivity contribution >= 4 is 5.91 Å². The molecule has 1 aromatic heterocycles. The Kier molecular flexibility index (Phi) is 7.49. The van der Waals surface area contributed by atoms with E-state index < -0.39 is 43.1 Å². The molecular weight excluding hydrogens is 403 g/mol. The first kappa shape index (κ1) is 23.3. The molecular formula is C20H24F3N3O4. The Labute approximate surface area is 172 Å². The van der Waals surface area contributed by atoms with Gasteiger partial charge in [-0.15, -0.1) is 6.58 Å². The van der Waals surface area contributed by atoms with E-state index in [9.17, 15) is 23.1 Å². The Bertz CT molecular complexity index is 882. The number of hydrogen-bond acceptors (Lipinski definition) is 5. The molecule has 0 aliphatic heterocycles. The van der Waals surface area contributed by atoms with Gasteiger partial charge in [0.05, 0.1) is 7.11 Å². The largest absolute Gasteiger partial charge is 0.493 e. The minimum absolute atomic E-state index is 0.320. The second-order valence-corrected chi connectivity index (χ2v) is 6.59. The highest BCUT2D eigenvalue weighted by atomic mass is 19.4. The van der Waals surface area contributed by atoms with Gasteiger partial charge in [0.25, 0.3) is 5.91 Å². The lowest BCUT2D eigenvalue weighted by Gasteiger charge is -2.29. The Morgan fingerprint density at radius 3 is 2.67 bits per heavy atom. The van der Waals surface area contributed by atoms with E-state index in [0.717, 1.165) is 16.3 Å². The molecule has 1 atom stereocenters. The zero-order valence-electron chi connectivity index (χ0n) is 16.7. The second kappa shape index (κ2) is 9.66. The first-order valence-electron chi connectivity index (χ1n) is 9.06. The van der Waals surface area contributed by atoms with Gasteiger partial charge < -0.3 is 24.5 Å². The van der Waals surface area contributed by atoms with Crippen molar-refractivity contribution in [3.8, 4) is 11.5 Å². The number of alkyl halides is 3. The van der Waals surface area contributed by atoms with Crippen LogP contribution in [0.2, 0.25) is 0 Å². The molecule has 1 amide bonds. The van der Waals surface area contributed by atoms with Gasteiger partial charge in [0.2, 0.25) is 5.60 Å². The number of hydrogen-bond donors (Lipinski definition) is 2. The topological polar surface area (TPSA) is 85.6 Å². The van der Waals surface area contributed by atoms with Crippen LogP contribution in [0.5, 0.6) is 11.5 Å². The van der Waals surface area contributed by atoms with E-state index in [0.29, 0.717) is 17.9 Å². The summed E-state index contributed by atoms with van der Waals surface area (Å²) in [5.74, 6) is -0.454. The highest BCUT2D eigenvalue weighted by Gasteiger charge is 2.57. The van der Waals surface area contributed by atoms with Gasteiger partial charge in [-0.25, -0.2) is 4.98 Å². The highest BCUT2D eigenvalue weighted by Crippen LogP contribution is 2.40. The number of imidazole rings is 1. The van der Waals surface area contributed by atoms with Crippen molar-refractivity contribution in [2.24, 2.45) is 7.05 Å². The number of halogens is 3. The molecule has 2 rings (SSSR count). The minimum Gasteiger partial charge on any atom is -0.493 e. The van der Waals surface area contributed by atoms with E-state index in [-0.39, 0.29) is 0 Å². The fourth-order valence-corrected chi connectivity index (χ4v) is 2.85. The van der Waals surface area contributed by atoms with E-state index in [2.05, 4.69) is 16.9 Å². The van der Waals surface area contributed by atoms with Crippen molar-refractivity contribution in [1.29, 1.82) is 0 Å². The van der Waals surface area contributed by atoms with Crippen molar-refractivity contribution in [3.63, 3.8) is 0 Å². The number of carbonyl (C=O) groups is 1. The van der Waals surface area contributed by atoms with Crippen LogP contribution in [-0.2, 0) is 23.9 Å². The summed E-state index contributed by atoms with van der Waals surface area (Å²) in [6, 6.07) is 5.16. The molecule has 0 saturated carbocycles. The van der Waals surface area contributed by atoms with Crippen LogP contribution < -0.4 is 14.8 Å². The van der Waals surface area contributed by atoms with E-state index in [1.54, 1.807) is 24.3 Å². The maximum Gasteiger partial charge on any atom is 0.424 e. The predicted molar refractivity (Wildman–Crippen MR) is 103 cm³/mol. The Morgan fingerprint density at radius 2 is 2.10 bits per heavy atom. The number of ether oxygens (including phenoxy) is 2. The number of aliphatic hydroxyl groups is 1. The number of carbonyl (C=O) groups excluding carboxylic acids is 1. The third-order valence-corrected chi connectivity index (χ3v) is 4.44. The van der Waals surface area contributed by atoms with E-state index in [4.69, 9.17) is 9.47 Å². The van der Waals surface area contributed by atoms with Gasteiger partial charge in [-0.3, -0.25) is 4.79 Å². The van der Waals surface area contributed by atoms with Crippen molar-refractivity contribution < 1.29 is 32.5 Å². The van der Waals surface area contributed by atoms with Crippen LogP contribution in [0.1, 0.15) is 17.8 Å². The van der Waals surface area contributed by atoms with Crippen LogP contribution in [0.3, 0.4) is 0 Å². The molecule has 0 aliphatic rings. The van der Waals surface area contributed by atoms with Gasteiger partial charge in [-0.1, -0.05) is 12.1 Å². The Hall–Kier alpha value is -3.01. The minimum atomic E-state index is -4.96. The number of nitrogens with one attached hydrogen (secondary N) is 1. The maximum atomic E-state index is 13.5. The smallest absolute Gasteiger partial charge is 0.424 e. The number of benzene rings is 1. The molecule has 0 aliphatic carbocycles. The highest BCUT2D eigenvalue weighted by molar-refractivity contribution is 5.77. The normalized spacial score (nSPS) is 13.4. The summed E-state index contributed by atoms with van der Waals surface area (Å²) in [6.45, 7) is 2.80. The first-order chi connectivity index (χ1) is 14.1. The molecule has 2 aromatic rings. The fraction of sp³-hybridized carbons (Fsp3) is 0.400. The van der Waals surface area contributed by atoms with Crippen molar-refractivity contribution in [2.75, 3.05) is 20.3 Å². The van der Waals surface area contributed by atoms with E-state index >= 15 is 0 Å². The lowest BCUT2D eigenvalue weighted by molar-refractivity contribution is -0.272. The quantitative estimate of drug-likeness (QED) is 0.569. The summed E-state index contributed by atoms with van der Waals surface area (Å²) in [6.07, 6.45) is -0.940. The molecule has 0 fully saturated rings. The second-order valence-electron chi connectivity index (χ2n) is 6.59. The molecule has 164 valence electrons. The van der Waals surface area contributed by atoms with Crippen molar-refractivity contribution in [3.05, 3.63) is 54.6 Å². The monoisotopic (exact) mass is 427 g/mol. The van der Waals surface area contributed by atoms with Crippen LogP contribution in [-0.4, -0.2) is 47.0 Å². The lowest BCUT2D eigenvalue weighted by Crippen LogP contribution is -2.47. The summed E-state index contributed by atoms with van der Waals surface area (Å²) in [5.41, 5.74) is -2.25. The summed E-state index contributed by atoms with van der Waals surface area (Å²) in [4.78, 5) is 15.6. The van der Waals surface area contributed by atoms with Crippen LogP contribution in [0.15, 0.2) is 43.2 Å². The third-order valence-electron chi connectivity index (χ3n) is 4.44. The first-order valence-corrected chi connectivity index (χ1v) is 9.06. The Balaban J connectivity index is 1.94. The summed E-state index contributed by atoms with van der Waals surface area (Å²) in [7, 11) is 2.80. The molecule has 2 N–H and O–H groups in total. The number of amides is 1. The Morgan fingerprint density at radius 1 is 1.37 bits per heavy atom. The molecule has 1 heterocycles. The van der Waals surface area contributed by atoms with E-state index in [1.807, 2.05) is 0 Å². The lowest BCUT2D eigenvalue weighted by atomic mass is 9.97. The van der Waals surface area contributed by atoms with Crippen LogP contribution in [0.4, 0.5) is 13.2 Å². The summed E-state index contributed by atoms with van der Waals surface area (Å²) < 4.78 is 52.1. The number of aryl methyl sites for hydroxylation is 1. The number of methoxy groups -OCH3 is 1. The standard InChI is InChI=1S/C20H24F3N3O4/c1-4-5-14-6-7-15(16(12-14)29-3)30-13-17(27)24-9-8-19(28,20(21,22)23)18-25-10-11-26(18)2/h4,6-7,10-12,28H,1,5,8-9,13H2,2-3H3,(H,24,27). The van der Waals surface area contributed by atoms with Crippen LogP contribution in [0.25, 0.3) is 0 Å². The molecule has 0 bridgehead atoms. The average Bonchev–Trinajstić information content (AvgIpc) is 3.12. The third kappa shape index (κ3) is 5.32. The number of nitrogens with zero attached hydrogens (tertiary/aromatic N) is 2. The summed E-state index contributed by atoms with van der Waals surface area (Å²) >= 11 is 0. The number of aromatic nitrogens is 2. The maximum absolute atomic E-state index is 13.5. The van der Waals surface area contributed by atoms with Gasteiger partial charge in [0, 0.05) is 32.4 Å². The molecule has 1 unspecified atom stereocenters. The van der Waals surface area contributed by atoms with Gasteiger partial charge in [0.1, 0.15) is 5.82 Å². The molecule has 0 radical (unpaired) electrons. The molecule has 7 nitrogen and oxygen atoms in total. The predicted octanol–water partition coefficient (Wildman–Crippen LogP) is 2.49. The zero-order chi connectivity index (χ0) is 22.4. The average molecular weight is 427 g/mol. The molecule has 1 aromatic carbocycles. The van der Waals surface area contributed by atoms with Crippen LogP contribution >= 0.6 is 0 Å². The molecule has 30 heavy (non-hydrogen) atoms. The van der Waals surface area contributed by atoms with Gasteiger partial charge in [-0.2, -0.15) is 13.2 Å². The van der Waals surface area contributed by atoms with Gasteiger partial charge in [0.15, 0.2) is 18.1 Å². The van der Waals surface area contributed by atoms with Crippen molar-refractivity contribution in [1.82, 2.24) is 14.9 Å². The van der Waals surface area contributed by atoms with E-state index in [1.165, 1.54) is 20.4 Å². The van der Waals surface area contributed by atoms with Crippen molar-refractivity contribution in [2.45, 2.75) is 24.6 Å². The fourth-order valence-electron chi connectivity index (χ4n) is 2.85. The van der Waals surface area contributed by atoms with Gasteiger partial charge in [-0.05, 0) is 24.1 Å². The van der Waals surface area contributed by atoms with Gasteiger partial charge >= 0.3 is 6.18 Å². The number of allylic oxidation sites excluding steroid dienone is 1. The van der Waals surface area contributed by atoms with Crippen LogP contribution in [0, 0.1) is 0 Å².